The third-order valence-electron chi connectivity index (χ3n) is 3.26. The van der Waals surface area contributed by atoms with Crippen LogP contribution in [0.2, 0.25) is 0 Å². The van der Waals surface area contributed by atoms with Crippen molar-refractivity contribution >= 4 is 17.2 Å². The number of rotatable bonds is 3. The summed E-state index contributed by atoms with van der Waals surface area (Å²) in [4.78, 5) is 15.9. The molecule has 3 aromatic rings. The molecule has 0 saturated carbocycles. The highest BCUT2D eigenvalue weighted by Crippen LogP contribution is 2.26. The van der Waals surface area contributed by atoms with Crippen LogP contribution in [0.15, 0.2) is 54.6 Å². The minimum Gasteiger partial charge on any atom is -0.497 e. The quantitative estimate of drug-likeness (QED) is 0.676. The number of nitrogens with zero attached hydrogens (tertiary/aromatic N) is 1. The fourth-order valence-electron chi connectivity index (χ4n) is 2.21. The average molecular weight is 263 g/mol. The first-order valence-corrected chi connectivity index (χ1v) is 6.31. The largest absolute Gasteiger partial charge is 0.497 e. The lowest BCUT2D eigenvalue weighted by atomic mass is 10.0. The second kappa shape index (κ2) is 5.13. The summed E-state index contributed by atoms with van der Waals surface area (Å²) >= 11 is 0. The van der Waals surface area contributed by atoms with E-state index in [0.29, 0.717) is 11.3 Å². The summed E-state index contributed by atoms with van der Waals surface area (Å²) in [7, 11) is 1.58. The highest BCUT2D eigenvalue weighted by atomic mass is 16.5. The number of ether oxygens (including phenoxy) is 1. The van der Waals surface area contributed by atoms with E-state index in [1.807, 2.05) is 48.5 Å². The summed E-state index contributed by atoms with van der Waals surface area (Å²) in [5, 5.41) is 1.08. The smallest absolute Gasteiger partial charge is 0.150 e. The van der Waals surface area contributed by atoms with Crippen molar-refractivity contribution in [3.63, 3.8) is 0 Å². The molecule has 2 aromatic carbocycles. The Kier molecular flexibility index (Phi) is 3.17. The van der Waals surface area contributed by atoms with Crippen molar-refractivity contribution in [2.75, 3.05) is 7.11 Å². The standard InChI is InChI=1S/C17H13NO2/c1-20-14-7-8-15(13(10-14)11-19)17-9-6-12-4-2-3-5-16(12)18-17/h2-11H,1H3. The average Bonchev–Trinajstić information content (AvgIpc) is 2.53. The van der Waals surface area contributed by atoms with E-state index in [1.54, 1.807) is 13.2 Å². The molecule has 0 unspecified atom stereocenters. The number of hydrogen-bond donors (Lipinski definition) is 0. The number of aromatic nitrogens is 1. The van der Waals surface area contributed by atoms with Gasteiger partial charge in [0.15, 0.2) is 6.29 Å². The molecule has 20 heavy (non-hydrogen) atoms. The minimum absolute atomic E-state index is 0.576. The number of methoxy groups -OCH3 is 1. The molecule has 1 aromatic heterocycles. The topological polar surface area (TPSA) is 39.2 Å². The van der Waals surface area contributed by atoms with Crippen LogP contribution in [-0.2, 0) is 0 Å². The maximum atomic E-state index is 11.2. The number of hydrogen-bond acceptors (Lipinski definition) is 3. The van der Waals surface area contributed by atoms with Gasteiger partial charge in [0.05, 0.1) is 18.3 Å². The molecule has 3 rings (SSSR count). The van der Waals surface area contributed by atoms with Crippen LogP contribution in [-0.4, -0.2) is 18.4 Å². The second-order valence-corrected chi connectivity index (χ2v) is 4.46. The van der Waals surface area contributed by atoms with Gasteiger partial charge in [-0.05, 0) is 30.3 Å². The fourth-order valence-corrected chi connectivity index (χ4v) is 2.21. The van der Waals surface area contributed by atoms with Crippen LogP contribution < -0.4 is 4.74 Å². The number of carbonyl (C=O) groups is 1. The van der Waals surface area contributed by atoms with Gasteiger partial charge in [-0.15, -0.1) is 0 Å². The summed E-state index contributed by atoms with van der Waals surface area (Å²) < 4.78 is 5.14. The van der Waals surface area contributed by atoms with Crippen molar-refractivity contribution < 1.29 is 9.53 Å². The highest BCUT2D eigenvalue weighted by Gasteiger charge is 2.08. The van der Waals surface area contributed by atoms with Crippen molar-refractivity contribution in [2.24, 2.45) is 0 Å². The van der Waals surface area contributed by atoms with Crippen LogP contribution >= 0.6 is 0 Å². The molecular weight excluding hydrogens is 250 g/mol. The van der Waals surface area contributed by atoms with Crippen LogP contribution in [0.1, 0.15) is 10.4 Å². The molecule has 0 spiro atoms. The summed E-state index contributed by atoms with van der Waals surface area (Å²) in [6.07, 6.45) is 0.828. The lowest BCUT2D eigenvalue weighted by Gasteiger charge is -2.08. The molecular formula is C17H13NO2. The Bertz CT molecular complexity index is 781. The first-order valence-electron chi connectivity index (χ1n) is 6.31. The van der Waals surface area contributed by atoms with Gasteiger partial charge in [-0.25, -0.2) is 4.98 Å². The molecule has 98 valence electrons. The molecule has 0 aliphatic carbocycles. The summed E-state index contributed by atoms with van der Waals surface area (Å²) in [5.41, 5.74) is 3.09. The predicted octanol–water partition coefficient (Wildman–Crippen LogP) is 3.72. The van der Waals surface area contributed by atoms with Crippen molar-refractivity contribution in [2.45, 2.75) is 0 Å². The monoisotopic (exact) mass is 263 g/mol. The van der Waals surface area contributed by atoms with Crippen LogP contribution in [0.3, 0.4) is 0 Å². The van der Waals surface area contributed by atoms with Crippen LogP contribution in [0.5, 0.6) is 5.75 Å². The Balaban J connectivity index is 2.17. The number of benzene rings is 2. The molecule has 0 atom stereocenters. The first kappa shape index (κ1) is 12.4. The van der Waals surface area contributed by atoms with Gasteiger partial charge >= 0.3 is 0 Å². The molecule has 0 aliphatic heterocycles. The normalized spacial score (nSPS) is 10.4. The maximum absolute atomic E-state index is 11.2. The maximum Gasteiger partial charge on any atom is 0.150 e. The zero-order chi connectivity index (χ0) is 13.9. The third-order valence-corrected chi connectivity index (χ3v) is 3.26. The molecule has 0 bridgehead atoms. The van der Waals surface area contributed by atoms with E-state index in [1.165, 1.54) is 0 Å². The second-order valence-electron chi connectivity index (χ2n) is 4.46. The van der Waals surface area contributed by atoms with E-state index in [4.69, 9.17) is 4.74 Å². The zero-order valence-corrected chi connectivity index (χ0v) is 11.0. The van der Waals surface area contributed by atoms with Crippen LogP contribution in [0, 0.1) is 0 Å². The summed E-state index contributed by atoms with van der Waals surface area (Å²) in [6, 6.07) is 17.3. The number of aldehydes is 1. The van der Waals surface area contributed by atoms with Crippen LogP contribution in [0.4, 0.5) is 0 Å². The van der Waals surface area contributed by atoms with Gasteiger partial charge in [-0.2, -0.15) is 0 Å². The Labute approximate surface area is 116 Å². The Morgan fingerprint density at radius 2 is 1.90 bits per heavy atom. The van der Waals surface area contributed by atoms with E-state index >= 15 is 0 Å². The van der Waals surface area contributed by atoms with E-state index in [-0.39, 0.29) is 0 Å². The Morgan fingerprint density at radius 3 is 2.70 bits per heavy atom. The molecule has 0 fully saturated rings. The summed E-state index contributed by atoms with van der Waals surface area (Å²) in [5.74, 6) is 0.664. The molecule has 0 saturated heterocycles. The molecule has 3 nitrogen and oxygen atoms in total. The summed E-state index contributed by atoms with van der Waals surface area (Å²) in [6.45, 7) is 0. The molecule has 0 amide bonds. The number of pyridine rings is 1. The van der Waals surface area contributed by atoms with Gasteiger partial charge in [0, 0.05) is 16.5 Å². The van der Waals surface area contributed by atoms with Crippen molar-refractivity contribution in [1.29, 1.82) is 0 Å². The molecule has 3 heteroatoms. The minimum atomic E-state index is 0.576. The van der Waals surface area contributed by atoms with Gasteiger partial charge in [-0.1, -0.05) is 24.3 Å². The number of fused-ring (bicyclic) bond motifs is 1. The SMILES string of the molecule is COc1ccc(-c2ccc3ccccc3n2)c(C=O)c1. The lowest BCUT2D eigenvalue weighted by Crippen LogP contribution is -1.92. The van der Waals surface area contributed by atoms with Crippen molar-refractivity contribution in [1.82, 2.24) is 4.98 Å². The van der Waals surface area contributed by atoms with Crippen molar-refractivity contribution in [3.8, 4) is 17.0 Å². The third kappa shape index (κ3) is 2.14. The van der Waals surface area contributed by atoms with E-state index in [0.717, 1.165) is 28.4 Å². The fraction of sp³-hybridized carbons (Fsp3) is 0.0588. The number of para-hydroxylation sites is 1. The zero-order valence-electron chi connectivity index (χ0n) is 11.0. The van der Waals surface area contributed by atoms with Gasteiger partial charge < -0.3 is 4.74 Å². The van der Waals surface area contributed by atoms with E-state index < -0.39 is 0 Å². The molecule has 1 heterocycles. The van der Waals surface area contributed by atoms with Crippen LogP contribution in [0.25, 0.3) is 22.2 Å². The van der Waals surface area contributed by atoms with E-state index in [9.17, 15) is 4.79 Å². The highest BCUT2D eigenvalue weighted by molar-refractivity contribution is 5.89. The van der Waals surface area contributed by atoms with Gasteiger partial charge in [0.2, 0.25) is 0 Å². The molecule has 0 radical (unpaired) electrons. The lowest BCUT2D eigenvalue weighted by molar-refractivity contribution is 0.112. The van der Waals surface area contributed by atoms with Gasteiger partial charge in [0.1, 0.15) is 5.75 Å². The first-order chi connectivity index (χ1) is 9.81. The number of carbonyl (C=O) groups excluding carboxylic acids is 1. The predicted molar refractivity (Wildman–Crippen MR) is 79.1 cm³/mol. The van der Waals surface area contributed by atoms with Gasteiger partial charge in [0.25, 0.3) is 0 Å². The van der Waals surface area contributed by atoms with Gasteiger partial charge in [-0.3, -0.25) is 4.79 Å². The molecule has 0 N–H and O–H groups in total. The molecule has 0 aliphatic rings. The van der Waals surface area contributed by atoms with E-state index in [2.05, 4.69) is 4.98 Å². The van der Waals surface area contributed by atoms with Crippen molar-refractivity contribution in [3.05, 3.63) is 60.2 Å². The Hall–Kier alpha value is -2.68. The Morgan fingerprint density at radius 1 is 1.05 bits per heavy atom.